The highest BCUT2D eigenvalue weighted by Gasteiger charge is 2.29. The average molecular weight is 519 g/mol. The first-order chi connectivity index (χ1) is 16.6. The summed E-state index contributed by atoms with van der Waals surface area (Å²) >= 11 is 0. The van der Waals surface area contributed by atoms with E-state index >= 15 is 0 Å². The zero-order valence-corrected chi connectivity index (χ0v) is 20.4. The number of aryl methyl sites for hydroxylation is 1. The Labute approximate surface area is 203 Å². The summed E-state index contributed by atoms with van der Waals surface area (Å²) < 4.78 is 73.7. The van der Waals surface area contributed by atoms with E-state index in [-0.39, 0.29) is 22.9 Å². The van der Waals surface area contributed by atoms with Crippen LogP contribution in [0.2, 0.25) is 0 Å². The maximum absolute atomic E-state index is 13.3. The molecule has 1 aliphatic heterocycles. The van der Waals surface area contributed by atoms with E-state index in [9.17, 15) is 26.0 Å². The van der Waals surface area contributed by atoms with Crippen LogP contribution in [0.4, 0.5) is 15.8 Å². The van der Waals surface area contributed by atoms with Crippen LogP contribution in [0.15, 0.2) is 71.6 Å². The Hall–Kier alpha value is -3.44. The number of rotatable bonds is 7. The molecule has 3 aromatic rings. The zero-order valence-electron chi connectivity index (χ0n) is 18.8. The molecule has 0 radical (unpaired) electrons. The van der Waals surface area contributed by atoms with Gasteiger partial charge in [0.2, 0.25) is 10.0 Å². The van der Waals surface area contributed by atoms with Crippen LogP contribution in [0.25, 0.3) is 0 Å². The summed E-state index contributed by atoms with van der Waals surface area (Å²) in [4.78, 5) is 11.5. The smallest absolute Gasteiger partial charge is 0.337 e. The van der Waals surface area contributed by atoms with E-state index in [1.54, 1.807) is 12.1 Å². The van der Waals surface area contributed by atoms with Crippen molar-refractivity contribution in [3.63, 3.8) is 0 Å². The molecule has 0 unspecified atom stereocenters. The lowest BCUT2D eigenvalue weighted by molar-refractivity contribution is 0.0600. The second-order valence-electron chi connectivity index (χ2n) is 8.03. The molecule has 1 aliphatic rings. The van der Waals surface area contributed by atoms with Crippen molar-refractivity contribution in [1.29, 1.82) is 0 Å². The molecule has 184 valence electrons. The quantitative estimate of drug-likeness (QED) is 0.478. The molecule has 4 rings (SSSR count). The summed E-state index contributed by atoms with van der Waals surface area (Å²) in [7, 11) is -6.54. The Morgan fingerprint density at radius 2 is 1.69 bits per heavy atom. The monoisotopic (exact) mass is 518 g/mol. The lowest BCUT2D eigenvalue weighted by Crippen LogP contribution is -2.35. The van der Waals surface area contributed by atoms with Gasteiger partial charge in [-0.05, 0) is 72.5 Å². The van der Waals surface area contributed by atoms with Crippen molar-refractivity contribution in [3.05, 3.63) is 89.2 Å². The second kappa shape index (κ2) is 9.67. The molecule has 0 bridgehead atoms. The highest BCUT2D eigenvalue weighted by molar-refractivity contribution is 7.93. The van der Waals surface area contributed by atoms with Crippen LogP contribution in [-0.2, 0) is 37.0 Å². The Kier molecular flexibility index (Phi) is 6.82. The average Bonchev–Trinajstić information content (AvgIpc) is 2.83. The van der Waals surface area contributed by atoms with Crippen molar-refractivity contribution in [2.75, 3.05) is 22.7 Å². The van der Waals surface area contributed by atoms with Gasteiger partial charge in [-0.1, -0.05) is 18.2 Å². The molecule has 0 saturated carbocycles. The number of carbonyl (C=O) groups is 1. The topological polar surface area (TPSA) is 110 Å². The Morgan fingerprint density at radius 1 is 1.00 bits per heavy atom. The third-order valence-corrected chi connectivity index (χ3v) is 8.66. The molecule has 1 N–H and O–H groups in total. The number of anilines is 2. The third kappa shape index (κ3) is 5.46. The van der Waals surface area contributed by atoms with Gasteiger partial charge in [0.25, 0.3) is 10.0 Å². The summed E-state index contributed by atoms with van der Waals surface area (Å²) in [6.45, 7) is 0.218. The minimum absolute atomic E-state index is 0.0480. The maximum Gasteiger partial charge on any atom is 0.337 e. The van der Waals surface area contributed by atoms with Crippen LogP contribution in [0.1, 0.15) is 27.9 Å². The van der Waals surface area contributed by atoms with Crippen molar-refractivity contribution >= 4 is 37.4 Å². The summed E-state index contributed by atoms with van der Waals surface area (Å²) in [5.74, 6) is -1.41. The summed E-state index contributed by atoms with van der Waals surface area (Å²) in [6, 6.07) is 15.4. The van der Waals surface area contributed by atoms with Crippen molar-refractivity contribution in [2.45, 2.75) is 23.5 Å². The number of esters is 1. The van der Waals surface area contributed by atoms with E-state index in [2.05, 4.69) is 9.46 Å². The van der Waals surface area contributed by atoms with Gasteiger partial charge < -0.3 is 4.74 Å². The van der Waals surface area contributed by atoms with Crippen LogP contribution in [0.5, 0.6) is 0 Å². The number of benzene rings is 3. The lowest BCUT2D eigenvalue weighted by atomic mass is 10.0. The molecule has 1 heterocycles. The van der Waals surface area contributed by atoms with Crippen LogP contribution in [0, 0.1) is 5.82 Å². The number of fused-ring (bicyclic) bond motifs is 1. The predicted molar refractivity (Wildman–Crippen MR) is 130 cm³/mol. The molecule has 0 aromatic heterocycles. The summed E-state index contributed by atoms with van der Waals surface area (Å²) in [6.07, 6.45) is 1.24. The number of nitrogens with zero attached hydrogens (tertiary/aromatic N) is 1. The predicted octanol–water partition coefficient (Wildman–Crippen LogP) is 3.70. The van der Waals surface area contributed by atoms with Crippen molar-refractivity contribution in [2.24, 2.45) is 0 Å². The molecule has 0 spiro atoms. The maximum atomic E-state index is 13.3. The first kappa shape index (κ1) is 24.7. The van der Waals surface area contributed by atoms with Gasteiger partial charge in [-0.2, -0.15) is 0 Å². The van der Waals surface area contributed by atoms with Gasteiger partial charge in [-0.25, -0.2) is 26.0 Å². The van der Waals surface area contributed by atoms with Crippen LogP contribution in [0.3, 0.4) is 0 Å². The number of ether oxygens (including phenoxy) is 1. The molecule has 11 heteroatoms. The molecule has 8 nitrogen and oxygen atoms in total. The molecule has 0 aliphatic carbocycles. The highest BCUT2D eigenvalue weighted by atomic mass is 32.2. The van der Waals surface area contributed by atoms with Crippen molar-refractivity contribution < 1.29 is 30.8 Å². The van der Waals surface area contributed by atoms with E-state index in [0.29, 0.717) is 29.7 Å². The molecule has 0 fully saturated rings. The third-order valence-electron chi connectivity index (χ3n) is 5.57. The van der Waals surface area contributed by atoms with E-state index in [1.165, 1.54) is 53.9 Å². The highest BCUT2D eigenvalue weighted by Crippen LogP contribution is 2.34. The largest absolute Gasteiger partial charge is 0.465 e. The first-order valence-electron chi connectivity index (χ1n) is 10.7. The number of hydrogen-bond donors (Lipinski definition) is 1. The normalized spacial score (nSPS) is 13.7. The Bertz CT molecular complexity index is 1450. The van der Waals surface area contributed by atoms with Gasteiger partial charge in [0, 0.05) is 6.54 Å². The summed E-state index contributed by atoms with van der Waals surface area (Å²) in [5.41, 5.74) is 2.13. The van der Waals surface area contributed by atoms with E-state index in [4.69, 9.17) is 0 Å². The summed E-state index contributed by atoms with van der Waals surface area (Å²) in [5, 5.41) is 0. The van der Waals surface area contributed by atoms with E-state index in [1.807, 2.05) is 0 Å². The van der Waals surface area contributed by atoms with E-state index < -0.39 is 31.8 Å². The van der Waals surface area contributed by atoms with Gasteiger partial charge in [0.15, 0.2) is 0 Å². The number of nitrogens with one attached hydrogen (secondary N) is 1. The number of hydrogen-bond acceptors (Lipinski definition) is 6. The molecule has 0 amide bonds. The molecule has 0 atom stereocenters. The van der Waals surface area contributed by atoms with Crippen molar-refractivity contribution in [3.8, 4) is 0 Å². The van der Waals surface area contributed by atoms with Crippen LogP contribution < -0.4 is 9.03 Å². The first-order valence-corrected chi connectivity index (χ1v) is 13.8. The second-order valence-corrected chi connectivity index (χ2v) is 11.6. The van der Waals surface area contributed by atoms with E-state index in [0.717, 1.165) is 17.7 Å². The number of carbonyl (C=O) groups excluding carboxylic acids is 1. The number of halogens is 1. The lowest BCUT2D eigenvalue weighted by Gasteiger charge is -2.31. The number of sulfonamides is 2. The van der Waals surface area contributed by atoms with Crippen molar-refractivity contribution in [1.82, 2.24) is 0 Å². The van der Waals surface area contributed by atoms with Gasteiger partial charge in [-0.3, -0.25) is 9.03 Å². The SMILES string of the molecule is COC(=O)c1ccc(CS(=O)(=O)Nc2ccc3c(c2)N(S(=O)(=O)c2ccc(F)cc2)CCC3)cc1. The molecule has 35 heavy (non-hydrogen) atoms. The fraction of sp³-hybridized carbons (Fsp3) is 0.208. The fourth-order valence-corrected chi connectivity index (χ4v) is 6.60. The molecule has 3 aromatic carbocycles. The Morgan fingerprint density at radius 3 is 2.34 bits per heavy atom. The number of methoxy groups -OCH3 is 1. The minimum Gasteiger partial charge on any atom is -0.465 e. The minimum atomic E-state index is -3.96. The van der Waals surface area contributed by atoms with Gasteiger partial charge in [0.05, 0.1) is 34.7 Å². The standard InChI is InChI=1S/C24H23FN2O6S2/c1-33-24(28)19-6-4-17(5-7-19)16-34(29,30)26-21-11-8-18-3-2-14-27(23(18)15-21)35(31,32)22-12-9-20(25)10-13-22/h4-13,15,26H,2-3,14,16H2,1H3. The van der Waals surface area contributed by atoms with Gasteiger partial charge in [-0.15, -0.1) is 0 Å². The Balaban J connectivity index is 1.57. The molecular weight excluding hydrogens is 495 g/mol. The van der Waals surface area contributed by atoms with Gasteiger partial charge >= 0.3 is 5.97 Å². The zero-order chi connectivity index (χ0) is 25.2. The fourth-order valence-electron chi connectivity index (χ4n) is 3.88. The van der Waals surface area contributed by atoms with Gasteiger partial charge in [0.1, 0.15) is 5.82 Å². The van der Waals surface area contributed by atoms with Crippen LogP contribution >= 0.6 is 0 Å². The molecule has 0 saturated heterocycles. The molecular formula is C24H23FN2O6S2. The van der Waals surface area contributed by atoms with Crippen LogP contribution in [-0.4, -0.2) is 36.5 Å².